The van der Waals surface area contributed by atoms with Crippen molar-refractivity contribution in [2.24, 2.45) is 0 Å². The van der Waals surface area contributed by atoms with Gasteiger partial charge in [-0.2, -0.15) is 16.8 Å². The van der Waals surface area contributed by atoms with Gasteiger partial charge in [0.1, 0.15) is 0 Å². The Bertz CT molecular complexity index is 717. The molecule has 0 aromatic heterocycles. The van der Waals surface area contributed by atoms with Crippen LogP contribution in [0.1, 0.15) is 0 Å². The van der Waals surface area contributed by atoms with Crippen molar-refractivity contribution in [2.75, 3.05) is 0 Å². The van der Waals surface area contributed by atoms with Gasteiger partial charge in [-0.25, -0.2) is 0 Å². The highest BCUT2D eigenvalue weighted by Gasteiger charge is 2.25. The predicted molar refractivity (Wildman–Crippen MR) is 83.5 cm³/mol. The van der Waals surface area contributed by atoms with Crippen molar-refractivity contribution >= 4 is 39.9 Å². The van der Waals surface area contributed by atoms with Crippen LogP contribution < -0.4 is 0 Å². The van der Waals surface area contributed by atoms with Gasteiger partial charge in [0.25, 0.3) is 0 Å². The summed E-state index contributed by atoms with van der Waals surface area (Å²) < 4.78 is 51.3. The molecule has 0 aliphatic carbocycles. The van der Waals surface area contributed by atoms with Crippen LogP contribution in [0.5, 0.6) is 0 Å². The quantitative estimate of drug-likeness (QED) is 0.731. The number of benzene rings is 2. The molecule has 0 spiro atoms. The van der Waals surface area contributed by atoms with E-state index in [0.29, 0.717) is 31.4 Å². The summed E-state index contributed by atoms with van der Waals surface area (Å²) in [5.41, 5.74) is 0. The van der Waals surface area contributed by atoms with E-state index in [1.165, 1.54) is 0 Å². The number of rotatable bonds is 6. The third-order valence-corrected chi connectivity index (χ3v) is 8.10. The van der Waals surface area contributed by atoms with Crippen molar-refractivity contribution in [3.8, 4) is 0 Å². The zero-order valence-corrected chi connectivity index (χ0v) is 13.7. The molecule has 5 nitrogen and oxygen atoms in total. The van der Waals surface area contributed by atoms with E-state index in [4.69, 9.17) is 0 Å². The molecule has 0 unspecified atom stereocenters. The maximum Gasteiger partial charge on any atom is 0.341 e. The minimum absolute atomic E-state index is 0.341. The molecule has 0 N–H and O–H groups in total. The molecule has 2 rings (SSSR count). The topological polar surface area (TPSA) is 77.5 Å². The Morgan fingerprint density at radius 1 is 0.619 bits per heavy atom. The summed E-state index contributed by atoms with van der Waals surface area (Å²) in [4.78, 5) is 0.745. The van der Waals surface area contributed by atoms with E-state index in [0.717, 1.165) is 0 Å². The fourth-order valence-corrected chi connectivity index (χ4v) is 7.58. The summed E-state index contributed by atoms with van der Waals surface area (Å²) in [5, 5.41) is 0. The highest BCUT2D eigenvalue weighted by atomic mass is 33.2. The lowest BCUT2D eigenvalue weighted by atomic mass is 10.4. The first-order valence-electron chi connectivity index (χ1n) is 5.56. The Morgan fingerprint density at radius 3 is 1.29 bits per heavy atom. The summed E-state index contributed by atoms with van der Waals surface area (Å²) >= 11 is 0. The van der Waals surface area contributed by atoms with Crippen molar-refractivity contribution in [3.05, 3.63) is 60.7 Å². The van der Waals surface area contributed by atoms with Crippen LogP contribution in [-0.4, -0.2) is 16.8 Å². The third-order valence-electron chi connectivity index (χ3n) is 2.05. The third kappa shape index (κ3) is 5.71. The molecule has 21 heavy (non-hydrogen) atoms. The van der Waals surface area contributed by atoms with Crippen LogP contribution in [0, 0.1) is 0 Å². The first-order chi connectivity index (χ1) is 9.86. The second-order valence-corrected chi connectivity index (χ2v) is 10.6. The number of hydrogen-bond donors (Lipinski definition) is 0. The average molecular weight is 362 g/mol. The minimum atomic E-state index is -4.30. The Morgan fingerprint density at radius 2 is 0.952 bits per heavy atom. The molecular formula is C12H10O5S4. The van der Waals surface area contributed by atoms with Gasteiger partial charge in [0.2, 0.25) is 0 Å². The van der Waals surface area contributed by atoms with Crippen molar-refractivity contribution in [1.29, 1.82) is 0 Å². The fraction of sp³-hybridized carbons (Fsp3) is 0. The van der Waals surface area contributed by atoms with Crippen LogP contribution in [0.2, 0.25) is 0 Å². The molecule has 112 valence electrons. The molecule has 2 aromatic carbocycles. The zero-order chi connectivity index (χ0) is 15.3. The SMILES string of the molecule is O=S(=O)(OS(=O)(=O)Sc1ccccc1)Sc1ccccc1. The lowest BCUT2D eigenvalue weighted by Gasteiger charge is -2.05. The maximum atomic E-state index is 11.8. The molecule has 0 saturated carbocycles. The van der Waals surface area contributed by atoms with Crippen molar-refractivity contribution in [1.82, 2.24) is 0 Å². The molecule has 0 fully saturated rings. The Hall–Kier alpha value is -1.00. The smallest absolute Gasteiger partial charge is 0.186 e. The summed E-state index contributed by atoms with van der Waals surface area (Å²) in [5.74, 6) is 0. The predicted octanol–water partition coefficient (Wildman–Crippen LogP) is 3.08. The van der Waals surface area contributed by atoms with E-state index in [9.17, 15) is 16.8 Å². The molecule has 0 bridgehead atoms. The van der Waals surface area contributed by atoms with Gasteiger partial charge in [0, 0.05) is 31.4 Å². The second-order valence-electron chi connectivity index (χ2n) is 3.68. The Kier molecular flexibility index (Phi) is 5.33. The molecule has 0 amide bonds. The highest BCUT2D eigenvalue weighted by molar-refractivity contribution is 8.76. The zero-order valence-electron chi connectivity index (χ0n) is 10.4. The Labute approximate surface area is 130 Å². The van der Waals surface area contributed by atoms with Crippen LogP contribution in [0.3, 0.4) is 0 Å². The van der Waals surface area contributed by atoms with Gasteiger partial charge < -0.3 is 0 Å². The minimum Gasteiger partial charge on any atom is -0.186 e. The molecular weight excluding hydrogens is 352 g/mol. The van der Waals surface area contributed by atoms with Gasteiger partial charge in [-0.1, -0.05) is 36.4 Å². The molecule has 0 atom stereocenters. The standard InChI is InChI=1S/C12H10O5S4/c13-20(14,18-11-7-3-1-4-8-11)17-21(15,16)19-12-9-5-2-6-10-12/h1-10H. The van der Waals surface area contributed by atoms with Gasteiger partial charge in [0.15, 0.2) is 0 Å². The normalized spacial score (nSPS) is 12.2. The van der Waals surface area contributed by atoms with Crippen LogP contribution in [0.15, 0.2) is 70.5 Å². The van der Waals surface area contributed by atoms with Crippen LogP contribution in [0.25, 0.3) is 0 Å². The van der Waals surface area contributed by atoms with Crippen LogP contribution in [-0.2, 0) is 21.9 Å². The van der Waals surface area contributed by atoms with E-state index < -0.39 is 18.3 Å². The molecule has 0 radical (unpaired) electrons. The first kappa shape index (κ1) is 16.4. The molecule has 0 aliphatic rings. The van der Waals surface area contributed by atoms with E-state index >= 15 is 0 Å². The molecule has 0 aliphatic heterocycles. The second kappa shape index (κ2) is 6.84. The van der Waals surface area contributed by atoms with Gasteiger partial charge >= 0.3 is 18.3 Å². The first-order valence-corrected chi connectivity index (χ1v) is 11.0. The van der Waals surface area contributed by atoms with Gasteiger partial charge in [-0.3, -0.25) is 0 Å². The van der Waals surface area contributed by atoms with Crippen molar-refractivity contribution < 1.29 is 20.5 Å². The van der Waals surface area contributed by atoms with Crippen LogP contribution in [0.4, 0.5) is 0 Å². The highest BCUT2D eigenvalue weighted by Crippen LogP contribution is 2.32. The van der Waals surface area contributed by atoms with E-state index in [2.05, 4.69) is 3.63 Å². The summed E-state index contributed by atoms with van der Waals surface area (Å²) in [6.45, 7) is 0. The maximum absolute atomic E-state index is 11.8. The molecule has 2 aromatic rings. The Balaban J connectivity index is 2.09. The molecule has 0 saturated heterocycles. The van der Waals surface area contributed by atoms with E-state index in [1.807, 2.05) is 0 Å². The average Bonchev–Trinajstić information content (AvgIpc) is 2.38. The van der Waals surface area contributed by atoms with Gasteiger partial charge in [-0.15, -0.1) is 3.63 Å². The number of hydrogen-bond acceptors (Lipinski definition) is 7. The summed E-state index contributed by atoms with van der Waals surface area (Å²) in [7, 11) is -7.93. The molecule has 0 heterocycles. The van der Waals surface area contributed by atoms with Crippen molar-refractivity contribution in [2.45, 2.75) is 9.79 Å². The summed E-state index contributed by atoms with van der Waals surface area (Å²) in [6.07, 6.45) is 0. The monoisotopic (exact) mass is 362 g/mol. The fourth-order valence-electron chi connectivity index (χ4n) is 1.32. The summed E-state index contributed by atoms with van der Waals surface area (Å²) in [6, 6.07) is 16.2. The largest absolute Gasteiger partial charge is 0.341 e. The van der Waals surface area contributed by atoms with Crippen molar-refractivity contribution in [3.63, 3.8) is 0 Å². The van der Waals surface area contributed by atoms with E-state index in [1.54, 1.807) is 60.7 Å². The molecule has 9 heteroatoms. The van der Waals surface area contributed by atoms with Gasteiger partial charge in [0.05, 0.1) is 0 Å². The van der Waals surface area contributed by atoms with Gasteiger partial charge in [-0.05, 0) is 24.3 Å². The van der Waals surface area contributed by atoms with Crippen LogP contribution >= 0.6 is 21.6 Å². The lowest BCUT2D eigenvalue weighted by molar-refractivity contribution is 0.487. The van der Waals surface area contributed by atoms with E-state index in [-0.39, 0.29) is 0 Å². The lowest BCUT2D eigenvalue weighted by Crippen LogP contribution is -2.06.